The molecule has 0 N–H and O–H groups in total. The van der Waals surface area contributed by atoms with Gasteiger partial charge >= 0.3 is 0 Å². The topological polar surface area (TPSA) is 36.3 Å². The predicted octanol–water partition coefficient (Wildman–Crippen LogP) is 6.16. The van der Waals surface area contributed by atoms with Crippen LogP contribution in [0.1, 0.15) is 61.0 Å². The maximum absolute atomic E-state index is 15.2. The molecule has 3 nitrogen and oxygen atoms in total. The maximum Gasteiger partial charge on any atom is 0.128 e. The van der Waals surface area contributed by atoms with Crippen LogP contribution >= 0.6 is 11.9 Å². The SMILES string of the molecule is C[C@H]1CCC(c2ccccc2)SN1Cc1ccc(C2(CC#N)CCOCC2)cc1F. The summed E-state index contributed by atoms with van der Waals surface area (Å²) in [6.07, 6.45) is 4.21. The fourth-order valence-electron chi connectivity index (χ4n) is 4.60. The van der Waals surface area contributed by atoms with Crippen LogP contribution in [-0.4, -0.2) is 23.6 Å². The van der Waals surface area contributed by atoms with E-state index in [2.05, 4.69) is 41.6 Å². The van der Waals surface area contributed by atoms with Crippen LogP contribution in [-0.2, 0) is 16.7 Å². The van der Waals surface area contributed by atoms with Crippen molar-refractivity contribution in [1.29, 1.82) is 5.26 Å². The second kappa shape index (κ2) is 9.51. The van der Waals surface area contributed by atoms with Gasteiger partial charge in [-0.25, -0.2) is 8.70 Å². The Morgan fingerprint density at radius 3 is 2.63 bits per heavy atom. The van der Waals surface area contributed by atoms with Gasteiger partial charge in [-0.15, -0.1) is 0 Å². The van der Waals surface area contributed by atoms with Crippen LogP contribution in [0.3, 0.4) is 0 Å². The molecule has 2 saturated heterocycles. The quantitative estimate of drug-likeness (QED) is 0.539. The van der Waals surface area contributed by atoms with Crippen LogP contribution in [0.4, 0.5) is 4.39 Å². The van der Waals surface area contributed by atoms with Gasteiger partial charge in [0.25, 0.3) is 0 Å². The monoisotopic (exact) mass is 424 g/mol. The van der Waals surface area contributed by atoms with Gasteiger partial charge in [-0.2, -0.15) is 5.26 Å². The second-order valence-electron chi connectivity index (χ2n) is 8.54. The molecule has 0 spiro atoms. The Labute approximate surface area is 183 Å². The summed E-state index contributed by atoms with van der Waals surface area (Å²) in [6.45, 7) is 4.09. The lowest BCUT2D eigenvalue weighted by Gasteiger charge is -2.38. The number of halogens is 1. The largest absolute Gasteiger partial charge is 0.381 e. The van der Waals surface area contributed by atoms with Gasteiger partial charge in [0.1, 0.15) is 5.82 Å². The van der Waals surface area contributed by atoms with Gasteiger partial charge in [-0.3, -0.25) is 0 Å². The van der Waals surface area contributed by atoms with E-state index < -0.39 is 0 Å². The standard InChI is InChI=1S/C25H29FN2OS/c1-19-7-10-24(20-5-3-2-4-6-20)30-28(19)18-21-8-9-22(17-23(21)26)25(11-14-27)12-15-29-16-13-25/h2-6,8-9,17,19,24H,7,10-13,15-16,18H2,1H3/t19-,24?/m0/s1. The van der Waals surface area contributed by atoms with Crippen LogP contribution in [0.15, 0.2) is 48.5 Å². The molecule has 0 amide bonds. The van der Waals surface area contributed by atoms with E-state index in [4.69, 9.17) is 4.74 Å². The van der Waals surface area contributed by atoms with Gasteiger partial charge in [0, 0.05) is 48.4 Å². The summed E-state index contributed by atoms with van der Waals surface area (Å²) in [6, 6.07) is 19.0. The molecule has 2 heterocycles. The highest BCUT2D eigenvalue weighted by Crippen LogP contribution is 2.43. The zero-order valence-corrected chi connectivity index (χ0v) is 18.3. The zero-order chi connectivity index (χ0) is 21.0. The Hall–Kier alpha value is -1.87. The minimum Gasteiger partial charge on any atom is -0.381 e. The number of ether oxygens (including phenoxy) is 1. The van der Waals surface area contributed by atoms with Crippen molar-refractivity contribution in [3.05, 3.63) is 71.0 Å². The lowest BCUT2D eigenvalue weighted by atomic mass is 9.72. The Kier molecular flexibility index (Phi) is 6.77. The van der Waals surface area contributed by atoms with Crippen molar-refractivity contribution in [2.75, 3.05) is 13.2 Å². The van der Waals surface area contributed by atoms with Crippen LogP contribution in [0.5, 0.6) is 0 Å². The van der Waals surface area contributed by atoms with Crippen molar-refractivity contribution in [3.63, 3.8) is 0 Å². The highest BCUT2D eigenvalue weighted by atomic mass is 32.2. The summed E-state index contributed by atoms with van der Waals surface area (Å²) in [4.78, 5) is 0. The first kappa shape index (κ1) is 21.4. The van der Waals surface area contributed by atoms with E-state index >= 15 is 4.39 Å². The maximum atomic E-state index is 15.2. The third-order valence-corrected chi connectivity index (χ3v) is 8.15. The fourth-order valence-corrected chi connectivity index (χ4v) is 5.97. The van der Waals surface area contributed by atoms with Gasteiger partial charge in [0.15, 0.2) is 0 Å². The first-order valence-corrected chi connectivity index (χ1v) is 11.7. The number of hydrogen-bond acceptors (Lipinski definition) is 4. The molecular weight excluding hydrogens is 395 g/mol. The van der Waals surface area contributed by atoms with Gasteiger partial charge in [-0.05, 0) is 49.8 Å². The molecular formula is C25H29FN2OS. The minimum atomic E-state index is -0.280. The lowest BCUT2D eigenvalue weighted by Crippen LogP contribution is -2.34. The normalized spacial score (nSPS) is 24.3. The van der Waals surface area contributed by atoms with Gasteiger partial charge < -0.3 is 4.74 Å². The van der Waals surface area contributed by atoms with Crippen molar-refractivity contribution >= 4 is 11.9 Å². The van der Waals surface area contributed by atoms with Crippen LogP contribution < -0.4 is 0 Å². The lowest BCUT2D eigenvalue weighted by molar-refractivity contribution is 0.0514. The molecule has 0 aliphatic carbocycles. The second-order valence-corrected chi connectivity index (χ2v) is 9.79. The van der Waals surface area contributed by atoms with E-state index in [1.165, 1.54) is 5.56 Å². The molecule has 0 radical (unpaired) electrons. The molecule has 2 aliphatic rings. The van der Waals surface area contributed by atoms with E-state index in [1.54, 1.807) is 6.07 Å². The van der Waals surface area contributed by atoms with Gasteiger partial charge in [0.2, 0.25) is 0 Å². The molecule has 2 aromatic rings. The Morgan fingerprint density at radius 2 is 1.93 bits per heavy atom. The zero-order valence-electron chi connectivity index (χ0n) is 17.5. The molecule has 4 rings (SSSR count). The average molecular weight is 425 g/mol. The summed E-state index contributed by atoms with van der Waals surface area (Å²) in [5.41, 5.74) is 2.73. The molecule has 30 heavy (non-hydrogen) atoms. The average Bonchev–Trinajstić information content (AvgIpc) is 2.78. The molecule has 2 atom stereocenters. The summed E-state index contributed by atoms with van der Waals surface area (Å²) in [5, 5.41) is 9.76. The molecule has 2 fully saturated rings. The van der Waals surface area contributed by atoms with E-state index in [-0.39, 0.29) is 11.2 Å². The van der Waals surface area contributed by atoms with Gasteiger partial charge in [-0.1, -0.05) is 54.4 Å². The third kappa shape index (κ3) is 4.56. The number of hydrogen-bond donors (Lipinski definition) is 0. The number of rotatable bonds is 5. The van der Waals surface area contributed by atoms with Crippen molar-refractivity contribution < 1.29 is 9.13 Å². The van der Waals surface area contributed by atoms with E-state index in [9.17, 15) is 5.26 Å². The van der Waals surface area contributed by atoms with Crippen molar-refractivity contribution in [2.45, 2.75) is 62.3 Å². The highest BCUT2D eigenvalue weighted by molar-refractivity contribution is 7.97. The van der Waals surface area contributed by atoms with Gasteiger partial charge in [0.05, 0.1) is 6.07 Å². The smallest absolute Gasteiger partial charge is 0.128 e. The van der Waals surface area contributed by atoms with Crippen LogP contribution in [0, 0.1) is 17.1 Å². The summed E-state index contributed by atoms with van der Waals surface area (Å²) in [5.74, 6) is -0.161. The van der Waals surface area contributed by atoms with E-state index in [0.29, 0.717) is 37.5 Å². The summed E-state index contributed by atoms with van der Waals surface area (Å²) >= 11 is 1.84. The molecule has 2 aliphatic heterocycles. The summed E-state index contributed by atoms with van der Waals surface area (Å²) in [7, 11) is 0. The minimum absolute atomic E-state index is 0.161. The Bertz CT molecular complexity index is 892. The molecule has 5 heteroatoms. The van der Waals surface area contributed by atoms with Crippen LogP contribution in [0.25, 0.3) is 0 Å². The number of nitrogens with zero attached hydrogens (tertiary/aromatic N) is 2. The van der Waals surface area contributed by atoms with E-state index in [0.717, 1.165) is 36.8 Å². The molecule has 1 unspecified atom stereocenters. The fraction of sp³-hybridized carbons (Fsp3) is 0.480. The van der Waals surface area contributed by atoms with Crippen molar-refractivity contribution in [3.8, 4) is 6.07 Å². The van der Waals surface area contributed by atoms with Crippen LogP contribution in [0.2, 0.25) is 0 Å². The Balaban J connectivity index is 1.51. The number of benzene rings is 2. The van der Waals surface area contributed by atoms with Crippen molar-refractivity contribution in [1.82, 2.24) is 4.31 Å². The molecule has 0 saturated carbocycles. The Morgan fingerprint density at radius 1 is 1.17 bits per heavy atom. The highest BCUT2D eigenvalue weighted by Gasteiger charge is 2.35. The molecule has 158 valence electrons. The summed E-state index contributed by atoms with van der Waals surface area (Å²) < 4.78 is 23.0. The number of nitriles is 1. The van der Waals surface area contributed by atoms with E-state index in [1.807, 2.05) is 30.1 Å². The van der Waals surface area contributed by atoms with Crippen molar-refractivity contribution in [2.24, 2.45) is 0 Å². The first-order chi connectivity index (χ1) is 14.6. The molecule has 0 bridgehead atoms. The predicted molar refractivity (Wildman–Crippen MR) is 119 cm³/mol. The third-order valence-electron chi connectivity index (χ3n) is 6.63. The first-order valence-electron chi connectivity index (χ1n) is 10.8. The molecule has 2 aromatic carbocycles. The molecule has 0 aromatic heterocycles.